The van der Waals surface area contributed by atoms with Crippen LogP contribution >= 0.6 is 39.1 Å². The average Bonchev–Trinajstić information content (AvgIpc) is 1.59. The number of furan rings is 1. The van der Waals surface area contributed by atoms with Gasteiger partial charge in [0.1, 0.15) is 0 Å². The summed E-state index contributed by atoms with van der Waals surface area (Å²) in [5, 5.41) is 38.5. The predicted octanol–water partition coefficient (Wildman–Crippen LogP) is 1.12. The zero-order chi connectivity index (χ0) is 93.9. The molecule has 24 unspecified atom stereocenters. The number of likely N-dealkylation sites (tertiary alicyclic amines) is 5. The lowest BCUT2D eigenvalue weighted by Crippen LogP contribution is -2.35. The van der Waals surface area contributed by atoms with Gasteiger partial charge in [-0.3, -0.25) is 112 Å². The molecule has 19 aliphatic heterocycles. The molecule has 0 radical (unpaired) electrons. The molecule has 0 saturated carbocycles. The number of allylic oxidation sites excluding steroid dienone is 2. The molecule has 38 nitrogen and oxygen atoms in total. The number of carbonyl (C=O) groups is 18. The number of esters is 2. The molecule has 12 fully saturated rings. The first-order valence-electron chi connectivity index (χ1n) is 41.7. The van der Waals surface area contributed by atoms with Crippen LogP contribution in [0.1, 0.15) is 52.4 Å². The van der Waals surface area contributed by atoms with Gasteiger partial charge in [0.15, 0.2) is 0 Å². The van der Waals surface area contributed by atoms with Crippen LogP contribution in [0.4, 0.5) is 0 Å². The van der Waals surface area contributed by atoms with Gasteiger partial charge in [-0.05, 0) is 93.8 Å². The van der Waals surface area contributed by atoms with Crippen LogP contribution in [0.3, 0.4) is 0 Å². The number of nitrogens with one attached hydrogen (secondary N) is 2. The number of rotatable bonds is 23. The van der Waals surface area contributed by atoms with Gasteiger partial charge >= 0.3 is 11.9 Å². The Morgan fingerprint density at radius 1 is 0.380 bits per heavy atom. The summed E-state index contributed by atoms with van der Waals surface area (Å²) in [4.78, 5) is 211. The summed E-state index contributed by atoms with van der Waals surface area (Å²) in [5.41, 5.74) is 0.717. The Labute approximate surface area is 758 Å². The average molecular weight is 1900 g/mol. The first-order chi connectivity index (χ1) is 61.7. The molecule has 6 N–H and O–H groups in total. The number of aliphatic hydroxyl groups is 4. The Balaban J connectivity index is 0.000000152. The maximum absolute atomic E-state index is 12.3. The Morgan fingerprint density at radius 2 is 0.612 bits per heavy atom. The van der Waals surface area contributed by atoms with E-state index < -0.39 is 22.4 Å². The van der Waals surface area contributed by atoms with Gasteiger partial charge in [-0.25, -0.2) is 9.59 Å². The van der Waals surface area contributed by atoms with Crippen molar-refractivity contribution < 1.29 is 149 Å². The van der Waals surface area contributed by atoms with Crippen molar-refractivity contribution in [1.29, 1.82) is 0 Å². The molecule has 12 bridgehead atoms. The van der Waals surface area contributed by atoms with Crippen molar-refractivity contribution >= 4 is 144 Å². The van der Waals surface area contributed by atoms with Crippen molar-refractivity contribution in [3.05, 3.63) is 159 Å². The van der Waals surface area contributed by atoms with Crippen LogP contribution in [-0.2, 0) is 124 Å². The standard InChI is InChI=1S/C15H17NO5.C14H15NO5.3C11H13NO4.C8H7NO3.C4H5ClO.C4H3NO2.C4H4O.C3H7BrO.C3H3ClO/c1-8(2)15(19)20-7-3-6-16-13(17)11-9-4-5-10(21-9)12(11)14(16)18;1-2-10(16)19-7-3-6-15-13(17)11-8-4-5-9(20-8)12(11)14(15)18;3*13-5-1-4-12-10(14)8-6-2-3-7(16-6)9(8)11(12)15;10-7-5-3-1-2-4(12-3)6(5)8(11)9-7;1-3(2)4(5)6;6-3-1-2-4(7)5-3;1-2-4-5-3-1;4-2-1-3-5;1-2-3(4)5/h4-5,9-12H,1,3,6-7H2,2H3;2,4-5,8-9,11-12H,1,3,6-7H2;3*2-3,6-9,13H,1,4-5H2;1-6H,(H,9,10,11);1H2,2H3;1-2H,(H,5,6,7);1-4H;5H,1-3H2;2H,1H2. The van der Waals surface area contributed by atoms with Crippen LogP contribution in [0.2, 0.25) is 0 Å². The second kappa shape index (κ2) is 46.2. The molecule has 0 aliphatic carbocycles. The topological polar surface area (TPSA) is 515 Å². The summed E-state index contributed by atoms with van der Waals surface area (Å²) in [7, 11) is 0. The van der Waals surface area contributed by atoms with E-state index in [-0.39, 0.29) is 273 Å². The lowest BCUT2D eigenvalue weighted by Gasteiger charge is -2.17. The Kier molecular flexibility index (Phi) is 36.0. The number of hydrogen-bond acceptors (Lipinski definition) is 31. The first-order valence-corrected chi connectivity index (χ1v) is 43.5. The molecular formula is C88H100BrCl2N7O31. The second-order valence-electron chi connectivity index (χ2n) is 31.5. The number of hydrogen-bond donors (Lipinski definition) is 6. The molecule has 41 heteroatoms. The van der Waals surface area contributed by atoms with Gasteiger partial charge in [0.25, 0.3) is 11.8 Å². The van der Waals surface area contributed by atoms with Crippen molar-refractivity contribution in [2.24, 2.45) is 71.0 Å². The van der Waals surface area contributed by atoms with E-state index in [0.29, 0.717) is 69.5 Å². The Morgan fingerprint density at radius 3 is 0.783 bits per heavy atom. The number of nitrogens with zero attached hydrogens (tertiary/aromatic N) is 5. The molecule has 12 saturated heterocycles. The Hall–Kier alpha value is -10.7. The number of imide groups is 7. The number of ether oxygens (including phenoxy) is 8. The highest BCUT2D eigenvalue weighted by Crippen LogP contribution is 2.50. The van der Waals surface area contributed by atoms with E-state index in [1.165, 1.54) is 36.7 Å². The van der Waals surface area contributed by atoms with E-state index in [2.05, 4.69) is 52.0 Å². The van der Waals surface area contributed by atoms with Crippen LogP contribution < -0.4 is 10.6 Å². The third-order valence-electron chi connectivity index (χ3n) is 23.3. The number of fused-ring (bicyclic) bond motifs is 30. The number of aliphatic hydroxyl groups excluding tert-OH is 4. The summed E-state index contributed by atoms with van der Waals surface area (Å²) < 4.78 is 47.4. The molecule has 0 spiro atoms. The van der Waals surface area contributed by atoms with Crippen molar-refractivity contribution in [3.8, 4) is 0 Å². The number of amides is 14. The smallest absolute Gasteiger partial charge is 0.333 e. The van der Waals surface area contributed by atoms with Crippen LogP contribution in [0.25, 0.3) is 0 Å². The minimum absolute atomic E-state index is 0.00595. The molecule has 1 aromatic rings. The Bertz CT molecular complexity index is 4360. The molecule has 20 heterocycles. The minimum Gasteiger partial charge on any atom is -0.473 e. The van der Waals surface area contributed by atoms with Crippen molar-refractivity contribution in [2.75, 3.05) is 77.7 Å². The van der Waals surface area contributed by atoms with Gasteiger partial charge in [-0.2, -0.15) is 0 Å². The largest absolute Gasteiger partial charge is 0.473 e. The monoisotopic (exact) mass is 1900 g/mol. The molecule has 14 amide bonds. The number of alkyl halides is 1. The molecule has 129 heavy (non-hydrogen) atoms. The molecular weight excluding hydrogens is 1800 g/mol. The van der Waals surface area contributed by atoms with Gasteiger partial charge in [0, 0.05) is 93.9 Å². The fraction of sp³-hybridized carbons (Fsp3) is 0.500. The normalized spacial score (nSPS) is 32.1. The van der Waals surface area contributed by atoms with E-state index in [1.54, 1.807) is 26.4 Å². The summed E-state index contributed by atoms with van der Waals surface area (Å²) >= 11 is 12.7. The zero-order valence-corrected chi connectivity index (χ0v) is 73.2. The SMILES string of the molecule is C=C(C)C(=O)Cl.C=C(C)C(=O)OCCCN1C(=O)C2C3C=CC(O3)C2C1=O.C=CC(=O)Cl.C=CC(=O)OCCCN1C(=O)C2C3C=CC(O3)C2C1=O.O=C1C2C3C=CC(O3)C2C(=O)N1CCCO.O=C1C2C3C=CC(O3)C2C(=O)N1CCCO.O=C1C2C3C=CC(O3)C2C(=O)N1CCCO.O=C1C=CC(=O)N1.O=C1NC(=O)C2C3C=CC(O3)C12.OCCCBr.c1ccoc1. The summed E-state index contributed by atoms with van der Waals surface area (Å²) in [6, 6.07) is 3.67. The third kappa shape index (κ3) is 22.9. The molecule has 694 valence electrons. The molecule has 19 aliphatic rings. The van der Waals surface area contributed by atoms with Crippen molar-refractivity contribution in [3.63, 3.8) is 0 Å². The van der Waals surface area contributed by atoms with E-state index in [9.17, 15) is 86.3 Å². The zero-order valence-electron chi connectivity index (χ0n) is 70.1. The van der Waals surface area contributed by atoms with E-state index >= 15 is 0 Å². The van der Waals surface area contributed by atoms with Gasteiger partial charge in [-0.15, -0.1) is 0 Å². The van der Waals surface area contributed by atoms with Gasteiger partial charge in [-0.1, -0.05) is 115 Å². The fourth-order valence-corrected chi connectivity index (χ4v) is 17.7. The van der Waals surface area contributed by atoms with Crippen molar-refractivity contribution in [1.82, 2.24) is 35.1 Å². The van der Waals surface area contributed by atoms with Crippen LogP contribution in [-0.4, -0.2) is 301 Å². The molecule has 24 atom stereocenters. The second-order valence-corrected chi connectivity index (χ2v) is 33.0. The van der Waals surface area contributed by atoms with Gasteiger partial charge in [0.05, 0.1) is 170 Å². The van der Waals surface area contributed by atoms with Crippen molar-refractivity contribution in [2.45, 2.75) is 126 Å². The lowest BCUT2D eigenvalue weighted by atomic mass is 9.85. The number of halogens is 3. The van der Waals surface area contributed by atoms with E-state index in [4.69, 9.17) is 81.5 Å². The van der Waals surface area contributed by atoms with Crippen LogP contribution in [0.5, 0.6) is 0 Å². The summed E-state index contributed by atoms with van der Waals surface area (Å²) in [6.07, 6.45) is 30.5. The highest BCUT2D eigenvalue weighted by Gasteiger charge is 2.65. The van der Waals surface area contributed by atoms with E-state index in [1.807, 2.05) is 90.4 Å². The third-order valence-corrected chi connectivity index (χ3v) is 24.3. The fourth-order valence-electron chi connectivity index (χ4n) is 17.4. The van der Waals surface area contributed by atoms with Gasteiger partial charge in [0.2, 0.25) is 81.4 Å². The van der Waals surface area contributed by atoms with E-state index in [0.717, 1.165) is 23.9 Å². The van der Waals surface area contributed by atoms with Crippen LogP contribution in [0, 0.1) is 71.0 Å². The van der Waals surface area contributed by atoms with Gasteiger partial charge < -0.3 is 62.7 Å². The molecule has 20 rings (SSSR count). The lowest BCUT2D eigenvalue weighted by molar-refractivity contribution is -0.145. The molecule has 0 aromatic carbocycles. The highest BCUT2D eigenvalue weighted by molar-refractivity contribution is 9.09. The summed E-state index contributed by atoms with van der Waals surface area (Å²) in [5.74, 6) is -7.40. The predicted molar refractivity (Wildman–Crippen MR) is 450 cm³/mol. The summed E-state index contributed by atoms with van der Waals surface area (Å²) in [6.45, 7) is 18.4. The highest BCUT2D eigenvalue weighted by atomic mass is 79.9. The van der Waals surface area contributed by atoms with Crippen LogP contribution in [0.15, 0.2) is 164 Å². The quantitative estimate of drug-likeness (QED) is 0.0170. The minimum atomic E-state index is -0.509. The first kappa shape index (κ1) is 100. The number of carbonyl (C=O) groups excluding carboxylic acids is 18. The maximum Gasteiger partial charge on any atom is 0.333 e. The maximum atomic E-state index is 12.3. The molecule has 1 aromatic heterocycles.